The zero-order valence-corrected chi connectivity index (χ0v) is 19.5. The first kappa shape index (κ1) is 23.6. The smallest absolute Gasteiger partial charge is 0.338 e. The van der Waals surface area contributed by atoms with Crippen molar-refractivity contribution in [2.45, 2.75) is 34.6 Å². The number of carbonyl (C=O) groups is 2. The minimum absolute atomic E-state index is 0.00913. The lowest BCUT2D eigenvalue weighted by atomic mass is 10.1. The van der Waals surface area contributed by atoms with Crippen LogP contribution in [0.2, 0.25) is 0 Å². The fourth-order valence-corrected chi connectivity index (χ4v) is 3.82. The molecule has 0 saturated carbocycles. The van der Waals surface area contributed by atoms with Gasteiger partial charge in [0.1, 0.15) is 11.6 Å². The topological polar surface area (TPSA) is 84.1 Å². The Kier molecular flexibility index (Phi) is 7.14. The van der Waals surface area contributed by atoms with Gasteiger partial charge in [0.15, 0.2) is 0 Å². The first-order valence-electron chi connectivity index (χ1n) is 10.7. The van der Waals surface area contributed by atoms with Crippen LogP contribution in [0.1, 0.15) is 45.4 Å². The van der Waals surface area contributed by atoms with Crippen molar-refractivity contribution in [1.29, 1.82) is 5.26 Å². The highest BCUT2D eigenvalue weighted by molar-refractivity contribution is 6.09. The summed E-state index contributed by atoms with van der Waals surface area (Å²) < 4.78 is 7.08. The highest BCUT2D eigenvalue weighted by atomic mass is 16.5. The Morgan fingerprint density at radius 1 is 1.03 bits per heavy atom. The molecule has 0 atom stereocenters. The van der Waals surface area contributed by atoms with Gasteiger partial charge in [-0.3, -0.25) is 4.79 Å². The van der Waals surface area contributed by atoms with Gasteiger partial charge in [0.05, 0.1) is 12.2 Å². The third-order valence-electron chi connectivity index (χ3n) is 5.25. The zero-order valence-electron chi connectivity index (χ0n) is 19.5. The van der Waals surface area contributed by atoms with E-state index in [2.05, 4.69) is 41.9 Å². The molecule has 0 aliphatic rings. The lowest BCUT2D eigenvalue weighted by Crippen LogP contribution is -2.13. The molecule has 1 aromatic heterocycles. The monoisotopic (exact) mass is 441 g/mol. The fourth-order valence-electron chi connectivity index (χ4n) is 3.82. The number of rotatable bonds is 6. The Hall–Kier alpha value is -4.11. The fraction of sp³-hybridized carbons (Fsp3) is 0.222. The van der Waals surface area contributed by atoms with Crippen LogP contribution in [0.4, 0.5) is 5.69 Å². The van der Waals surface area contributed by atoms with E-state index in [1.807, 2.05) is 26.0 Å². The van der Waals surface area contributed by atoms with Gasteiger partial charge in [-0.2, -0.15) is 5.26 Å². The maximum Gasteiger partial charge on any atom is 0.338 e. The van der Waals surface area contributed by atoms with Gasteiger partial charge < -0.3 is 14.6 Å². The molecule has 168 valence electrons. The summed E-state index contributed by atoms with van der Waals surface area (Å²) in [6.45, 7) is 10.1. The number of carbonyl (C=O) groups excluding carboxylic acids is 2. The Morgan fingerprint density at radius 3 is 2.24 bits per heavy atom. The summed E-state index contributed by atoms with van der Waals surface area (Å²) in [5.74, 6) is -0.940. The standard InChI is InChI=1S/C27H27N3O3/c1-6-33-27(32)21-7-9-24(10-8-21)29-26(31)23(16-28)15-22-14-19(4)30(20(22)5)25-12-17(2)11-18(3)13-25/h7-15H,6H2,1-5H3,(H,29,31)/b23-15-. The molecule has 0 aliphatic carbocycles. The van der Waals surface area contributed by atoms with Crippen molar-refractivity contribution in [1.82, 2.24) is 4.57 Å². The van der Waals surface area contributed by atoms with Gasteiger partial charge in [-0.15, -0.1) is 0 Å². The minimum Gasteiger partial charge on any atom is -0.462 e. The molecule has 0 radical (unpaired) electrons. The summed E-state index contributed by atoms with van der Waals surface area (Å²) in [6, 6.07) is 16.6. The second kappa shape index (κ2) is 10.0. The summed E-state index contributed by atoms with van der Waals surface area (Å²) in [7, 11) is 0. The van der Waals surface area contributed by atoms with Crippen molar-refractivity contribution in [3.05, 3.63) is 87.7 Å². The molecule has 6 nitrogen and oxygen atoms in total. The van der Waals surface area contributed by atoms with Crippen molar-refractivity contribution < 1.29 is 14.3 Å². The van der Waals surface area contributed by atoms with Gasteiger partial charge in [-0.25, -0.2) is 4.79 Å². The van der Waals surface area contributed by atoms with Crippen molar-refractivity contribution >= 4 is 23.6 Å². The Morgan fingerprint density at radius 2 is 1.67 bits per heavy atom. The van der Waals surface area contributed by atoms with E-state index in [1.54, 1.807) is 37.3 Å². The summed E-state index contributed by atoms with van der Waals surface area (Å²) in [5, 5.41) is 12.3. The lowest BCUT2D eigenvalue weighted by molar-refractivity contribution is -0.112. The van der Waals surface area contributed by atoms with Crippen molar-refractivity contribution in [3.8, 4) is 11.8 Å². The second-order valence-electron chi connectivity index (χ2n) is 7.93. The van der Waals surface area contributed by atoms with Crippen LogP contribution in [0.25, 0.3) is 11.8 Å². The van der Waals surface area contributed by atoms with E-state index in [9.17, 15) is 14.9 Å². The molecule has 1 N–H and O–H groups in total. The van der Waals surface area contributed by atoms with E-state index < -0.39 is 11.9 Å². The molecular weight excluding hydrogens is 414 g/mol. The maximum atomic E-state index is 12.7. The number of aryl methyl sites for hydroxylation is 3. The number of hydrogen-bond acceptors (Lipinski definition) is 4. The molecule has 6 heteroatoms. The van der Waals surface area contributed by atoms with Crippen LogP contribution in [0.15, 0.2) is 54.1 Å². The molecule has 0 saturated heterocycles. The number of nitrogens with one attached hydrogen (secondary N) is 1. The number of aromatic nitrogens is 1. The van der Waals surface area contributed by atoms with Crippen LogP contribution in [0.3, 0.4) is 0 Å². The number of ether oxygens (including phenoxy) is 1. The number of esters is 1. The molecular formula is C27H27N3O3. The summed E-state index contributed by atoms with van der Waals surface area (Å²) in [5.41, 5.74) is 7.00. The molecule has 2 aromatic carbocycles. The Balaban J connectivity index is 1.85. The first-order chi connectivity index (χ1) is 15.7. The van der Waals surface area contributed by atoms with Gasteiger partial charge in [0.25, 0.3) is 5.91 Å². The predicted molar refractivity (Wildman–Crippen MR) is 129 cm³/mol. The molecule has 1 heterocycles. The van der Waals surface area contributed by atoms with Crippen LogP contribution in [-0.2, 0) is 9.53 Å². The third kappa shape index (κ3) is 5.39. The SMILES string of the molecule is CCOC(=O)c1ccc(NC(=O)/C(C#N)=C\c2cc(C)n(-c3cc(C)cc(C)c3)c2C)cc1. The van der Waals surface area contributed by atoms with Crippen LogP contribution in [-0.4, -0.2) is 23.1 Å². The third-order valence-corrected chi connectivity index (χ3v) is 5.25. The number of amides is 1. The average Bonchev–Trinajstić information content (AvgIpc) is 3.04. The summed E-state index contributed by atoms with van der Waals surface area (Å²) in [4.78, 5) is 24.5. The molecule has 0 fully saturated rings. The number of anilines is 1. The van der Waals surface area contributed by atoms with Crippen LogP contribution in [0, 0.1) is 39.0 Å². The van der Waals surface area contributed by atoms with Gasteiger partial charge in [0, 0.05) is 22.8 Å². The highest BCUT2D eigenvalue weighted by Gasteiger charge is 2.15. The second-order valence-corrected chi connectivity index (χ2v) is 7.93. The predicted octanol–water partition coefficient (Wildman–Crippen LogP) is 5.43. The minimum atomic E-state index is -0.516. The summed E-state index contributed by atoms with van der Waals surface area (Å²) >= 11 is 0. The molecule has 33 heavy (non-hydrogen) atoms. The largest absolute Gasteiger partial charge is 0.462 e. The van der Waals surface area contributed by atoms with Crippen molar-refractivity contribution in [2.24, 2.45) is 0 Å². The van der Waals surface area contributed by atoms with E-state index in [0.717, 1.165) is 22.6 Å². The van der Waals surface area contributed by atoms with Crippen molar-refractivity contribution in [3.63, 3.8) is 0 Å². The van der Waals surface area contributed by atoms with E-state index in [0.29, 0.717) is 11.3 Å². The Labute approximate surface area is 194 Å². The van der Waals surface area contributed by atoms with Crippen molar-refractivity contribution in [2.75, 3.05) is 11.9 Å². The van der Waals surface area contributed by atoms with E-state index >= 15 is 0 Å². The normalized spacial score (nSPS) is 11.1. The molecule has 0 unspecified atom stereocenters. The summed E-state index contributed by atoms with van der Waals surface area (Å²) in [6.07, 6.45) is 1.60. The van der Waals surface area contributed by atoms with Gasteiger partial charge in [-0.05, 0) is 99.8 Å². The Bertz CT molecular complexity index is 1250. The zero-order chi connectivity index (χ0) is 24.1. The van der Waals surface area contributed by atoms with Gasteiger partial charge in [0.2, 0.25) is 0 Å². The number of hydrogen-bond donors (Lipinski definition) is 1. The molecule has 1 amide bonds. The van der Waals surface area contributed by atoms with Crippen LogP contribution < -0.4 is 5.32 Å². The molecule has 3 rings (SSSR count). The van der Waals surface area contributed by atoms with Crippen LogP contribution in [0.5, 0.6) is 0 Å². The average molecular weight is 442 g/mol. The number of nitrogens with zero attached hydrogens (tertiary/aromatic N) is 2. The lowest BCUT2D eigenvalue weighted by Gasteiger charge is -2.12. The van der Waals surface area contributed by atoms with E-state index in [4.69, 9.17) is 4.74 Å². The maximum absolute atomic E-state index is 12.7. The first-order valence-corrected chi connectivity index (χ1v) is 10.7. The highest BCUT2D eigenvalue weighted by Crippen LogP contribution is 2.24. The molecule has 0 spiro atoms. The van der Waals surface area contributed by atoms with Gasteiger partial charge >= 0.3 is 5.97 Å². The van der Waals surface area contributed by atoms with E-state index in [1.165, 1.54) is 11.1 Å². The molecule has 0 aliphatic heterocycles. The van der Waals surface area contributed by atoms with E-state index in [-0.39, 0.29) is 12.2 Å². The number of benzene rings is 2. The van der Waals surface area contributed by atoms with Crippen LogP contribution >= 0.6 is 0 Å². The molecule has 0 bridgehead atoms. The molecule has 3 aromatic rings. The number of nitriles is 1. The van der Waals surface area contributed by atoms with Gasteiger partial charge in [-0.1, -0.05) is 6.07 Å². The quantitative estimate of drug-likeness (QED) is 0.314.